The van der Waals surface area contributed by atoms with Crippen LogP contribution in [0.4, 0.5) is 17.1 Å². The summed E-state index contributed by atoms with van der Waals surface area (Å²) in [5.74, 6) is -0.456. The van der Waals surface area contributed by atoms with Gasteiger partial charge in [0.2, 0.25) is 11.8 Å². The molecule has 1 unspecified atom stereocenters. The SMILES string of the molecule is CCc1cccc(CC)c1N=C1SC(CC(=O)Nc2ccc(OC)cc2[N+](=O)[O-])C(=O)N1CCOC. The number of nitro benzene ring substituents is 1. The van der Waals surface area contributed by atoms with Gasteiger partial charge >= 0.3 is 0 Å². The van der Waals surface area contributed by atoms with Crippen LogP contribution in [0.15, 0.2) is 41.4 Å². The van der Waals surface area contributed by atoms with Crippen LogP contribution in [0.1, 0.15) is 31.4 Å². The Morgan fingerprint density at radius 1 is 1.19 bits per heavy atom. The third-order valence-corrected chi connectivity index (χ3v) is 6.93. The van der Waals surface area contributed by atoms with Crippen molar-refractivity contribution in [2.75, 3.05) is 32.7 Å². The number of benzene rings is 2. The molecule has 0 spiro atoms. The first-order valence-corrected chi connectivity index (χ1v) is 12.5. The van der Waals surface area contributed by atoms with Crippen LogP contribution in [0.3, 0.4) is 0 Å². The summed E-state index contributed by atoms with van der Waals surface area (Å²) >= 11 is 1.22. The van der Waals surface area contributed by atoms with Crippen molar-refractivity contribution in [2.24, 2.45) is 4.99 Å². The molecular formula is C25H30N4O6S. The number of anilines is 1. The van der Waals surface area contributed by atoms with Gasteiger partial charge in [0.15, 0.2) is 5.17 Å². The minimum Gasteiger partial charge on any atom is -0.496 e. The van der Waals surface area contributed by atoms with Crippen molar-refractivity contribution in [3.05, 3.63) is 57.6 Å². The number of ether oxygens (including phenoxy) is 2. The fraction of sp³-hybridized carbons (Fsp3) is 0.400. The van der Waals surface area contributed by atoms with Crippen LogP contribution in [0, 0.1) is 10.1 Å². The molecule has 1 saturated heterocycles. The maximum Gasteiger partial charge on any atom is 0.296 e. The van der Waals surface area contributed by atoms with Crippen molar-refractivity contribution in [3.8, 4) is 5.75 Å². The summed E-state index contributed by atoms with van der Waals surface area (Å²) in [6.45, 7) is 4.73. The van der Waals surface area contributed by atoms with Crippen molar-refractivity contribution in [1.82, 2.24) is 4.90 Å². The zero-order valence-electron chi connectivity index (χ0n) is 20.8. The number of amidine groups is 1. The van der Waals surface area contributed by atoms with Gasteiger partial charge in [-0.1, -0.05) is 43.8 Å². The molecule has 1 aliphatic heterocycles. The van der Waals surface area contributed by atoms with Gasteiger partial charge in [0.25, 0.3) is 5.69 Å². The zero-order valence-corrected chi connectivity index (χ0v) is 21.6. The average molecular weight is 515 g/mol. The van der Waals surface area contributed by atoms with Crippen LogP contribution in [0.2, 0.25) is 0 Å². The Labute approximate surface area is 214 Å². The molecule has 0 aromatic heterocycles. The number of nitrogens with zero attached hydrogens (tertiary/aromatic N) is 3. The third-order valence-electron chi connectivity index (χ3n) is 5.76. The highest BCUT2D eigenvalue weighted by molar-refractivity contribution is 8.15. The van der Waals surface area contributed by atoms with Crippen LogP contribution in [-0.2, 0) is 27.2 Å². The molecule has 1 aliphatic rings. The van der Waals surface area contributed by atoms with Gasteiger partial charge in [-0.25, -0.2) is 4.99 Å². The maximum atomic E-state index is 13.2. The topological polar surface area (TPSA) is 123 Å². The minimum atomic E-state index is -0.711. The van der Waals surface area contributed by atoms with Gasteiger partial charge in [-0.3, -0.25) is 24.6 Å². The summed E-state index contributed by atoms with van der Waals surface area (Å²) in [6.07, 6.45) is 1.43. The van der Waals surface area contributed by atoms with Gasteiger partial charge in [-0.2, -0.15) is 0 Å². The van der Waals surface area contributed by atoms with Gasteiger partial charge < -0.3 is 14.8 Å². The highest BCUT2D eigenvalue weighted by atomic mass is 32.2. The van der Waals surface area contributed by atoms with Crippen molar-refractivity contribution in [2.45, 2.75) is 38.4 Å². The summed E-state index contributed by atoms with van der Waals surface area (Å²) in [5, 5.41) is 13.8. The van der Waals surface area contributed by atoms with E-state index in [-0.39, 0.29) is 23.7 Å². The molecule has 11 heteroatoms. The minimum absolute atomic E-state index is 0.0378. The first-order chi connectivity index (χ1) is 17.3. The van der Waals surface area contributed by atoms with E-state index in [1.54, 1.807) is 12.0 Å². The molecule has 0 radical (unpaired) electrons. The number of carbonyl (C=O) groups is 2. The Kier molecular flexibility index (Phi) is 9.43. The number of amides is 2. The molecule has 1 fully saturated rings. The molecular weight excluding hydrogens is 484 g/mol. The predicted octanol–water partition coefficient (Wildman–Crippen LogP) is 4.33. The number of nitrogens with one attached hydrogen (secondary N) is 1. The van der Waals surface area contributed by atoms with E-state index >= 15 is 0 Å². The molecule has 2 amide bonds. The molecule has 2 aromatic carbocycles. The van der Waals surface area contributed by atoms with Crippen molar-refractivity contribution < 1.29 is 24.0 Å². The first-order valence-electron chi connectivity index (χ1n) is 11.6. The number of para-hydroxylation sites is 1. The van der Waals surface area contributed by atoms with E-state index in [9.17, 15) is 19.7 Å². The number of aryl methyl sites for hydroxylation is 2. The summed E-state index contributed by atoms with van der Waals surface area (Å²) in [5.41, 5.74) is 2.75. The largest absolute Gasteiger partial charge is 0.496 e. The van der Waals surface area contributed by atoms with Crippen molar-refractivity contribution in [3.63, 3.8) is 0 Å². The Balaban J connectivity index is 1.85. The lowest BCUT2D eigenvalue weighted by Gasteiger charge is -2.17. The fourth-order valence-corrected chi connectivity index (χ4v) is 5.00. The maximum absolute atomic E-state index is 13.2. The molecule has 3 rings (SSSR count). The second kappa shape index (κ2) is 12.5. The van der Waals surface area contributed by atoms with Gasteiger partial charge in [0.05, 0.1) is 36.9 Å². The predicted molar refractivity (Wildman–Crippen MR) is 140 cm³/mol. The monoisotopic (exact) mass is 514 g/mol. The average Bonchev–Trinajstić information content (AvgIpc) is 3.16. The molecule has 1 heterocycles. The molecule has 1 N–H and O–H groups in total. The van der Waals surface area contributed by atoms with Crippen LogP contribution in [-0.4, -0.2) is 59.4 Å². The van der Waals surface area contributed by atoms with Crippen LogP contribution in [0.5, 0.6) is 5.75 Å². The van der Waals surface area contributed by atoms with Gasteiger partial charge in [0.1, 0.15) is 16.7 Å². The summed E-state index contributed by atoms with van der Waals surface area (Å²) in [7, 11) is 2.95. The third kappa shape index (κ3) is 6.21. The van der Waals surface area contributed by atoms with E-state index < -0.39 is 16.1 Å². The van der Waals surface area contributed by atoms with E-state index in [0.717, 1.165) is 29.7 Å². The standard InChI is InChI=1S/C25H30N4O6S/c1-5-16-8-7-9-17(6-2)23(16)27-25-28(12-13-34-3)24(31)21(36-25)15-22(30)26-19-11-10-18(35-4)14-20(19)29(32)33/h7-11,14,21H,5-6,12-13,15H2,1-4H3,(H,26,30). The quantitative estimate of drug-likeness (QED) is 0.350. The van der Waals surface area contributed by atoms with E-state index in [1.165, 1.54) is 37.1 Å². The van der Waals surface area contributed by atoms with E-state index in [4.69, 9.17) is 14.5 Å². The molecule has 36 heavy (non-hydrogen) atoms. The lowest BCUT2D eigenvalue weighted by Crippen LogP contribution is -2.35. The molecule has 192 valence electrons. The summed E-state index contributed by atoms with van der Waals surface area (Å²) in [4.78, 5) is 43.3. The molecule has 0 saturated carbocycles. The van der Waals surface area contributed by atoms with Crippen molar-refractivity contribution >= 4 is 45.8 Å². The normalized spacial score (nSPS) is 16.4. The molecule has 2 aromatic rings. The molecule has 10 nitrogen and oxygen atoms in total. The van der Waals surface area contributed by atoms with E-state index in [1.807, 2.05) is 18.2 Å². The number of thioether (sulfide) groups is 1. The molecule has 0 bridgehead atoms. The molecule has 0 aliphatic carbocycles. The number of hydrogen-bond donors (Lipinski definition) is 1. The van der Waals surface area contributed by atoms with Crippen molar-refractivity contribution in [1.29, 1.82) is 0 Å². The number of rotatable bonds is 11. The summed E-state index contributed by atoms with van der Waals surface area (Å²) in [6, 6.07) is 10.2. The zero-order chi connectivity index (χ0) is 26.2. The fourth-order valence-electron chi connectivity index (χ4n) is 3.83. The lowest BCUT2D eigenvalue weighted by molar-refractivity contribution is -0.384. The lowest BCUT2D eigenvalue weighted by atomic mass is 10.0. The summed E-state index contributed by atoms with van der Waals surface area (Å²) < 4.78 is 10.2. The van der Waals surface area contributed by atoms with E-state index in [0.29, 0.717) is 24.1 Å². The Bertz CT molecular complexity index is 1150. The van der Waals surface area contributed by atoms with Gasteiger partial charge in [-0.05, 0) is 36.1 Å². The number of nitro groups is 1. The van der Waals surface area contributed by atoms with Crippen LogP contribution < -0.4 is 10.1 Å². The Hall–Kier alpha value is -3.44. The van der Waals surface area contributed by atoms with Gasteiger partial charge in [-0.15, -0.1) is 0 Å². The highest BCUT2D eigenvalue weighted by Gasteiger charge is 2.39. The smallest absolute Gasteiger partial charge is 0.296 e. The molecule has 1 atom stereocenters. The van der Waals surface area contributed by atoms with Crippen LogP contribution >= 0.6 is 11.8 Å². The second-order valence-corrected chi connectivity index (χ2v) is 9.18. The number of hydrogen-bond acceptors (Lipinski definition) is 8. The first kappa shape index (κ1) is 27.2. The number of aliphatic imine (C=N–C) groups is 1. The second-order valence-electron chi connectivity index (χ2n) is 8.01. The Morgan fingerprint density at radius 3 is 2.47 bits per heavy atom. The highest BCUT2D eigenvalue weighted by Crippen LogP contribution is 2.35. The Morgan fingerprint density at radius 2 is 1.89 bits per heavy atom. The van der Waals surface area contributed by atoms with E-state index in [2.05, 4.69) is 19.2 Å². The number of carbonyl (C=O) groups excluding carboxylic acids is 2. The number of methoxy groups -OCH3 is 2. The van der Waals surface area contributed by atoms with Gasteiger partial charge in [0, 0.05) is 13.5 Å². The van der Waals surface area contributed by atoms with Crippen LogP contribution in [0.25, 0.3) is 0 Å².